The summed E-state index contributed by atoms with van der Waals surface area (Å²) in [6, 6.07) is 4.49. The van der Waals surface area contributed by atoms with Crippen LogP contribution in [-0.4, -0.2) is 17.1 Å². The topological polar surface area (TPSA) is 49.3 Å². The maximum Gasteiger partial charge on any atom is 0.325 e. The molecule has 0 aromatic heterocycles. The number of aliphatic carboxylic acids is 1. The van der Waals surface area contributed by atoms with Gasteiger partial charge in [-0.05, 0) is 47.5 Å². The lowest BCUT2D eigenvalue weighted by Crippen LogP contribution is -2.33. The molecule has 0 bridgehead atoms. The molecule has 0 saturated heterocycles. The van der Waals surface area contributed by atoms with Crippen LogP contribution in [0.3, 0.4) is 0 Å². The molecule has 1 unspecified atom stereocenters. The first kappa shape index (κ1) is 13.5. The highest BCUT2D eigenvalue weighted by molar-refractivity contribution is 9.10. The zero-order valence-corrected chi connectivity index (χ0v) is 11.3. The Hall–Kier alpha value is -0.580. The maximum absolute atomic E-state index is 11.1. The molecule has 0 radical (unpaired) electrons. The average molecular weight is 307 g/mol. The second-order valence-corrected chi connectivity index (χ2v) is 5.03. The van der Waals surface area contributed by atoms with E-state index in [0.717, 1.165) is 4.47 Å². The molecule has 0 fully saturated rings. The van der Waals surface area contributed by atoms with Gasteiger partial charge in [-0.25, -0.2) is 0 Å². The summed E-state index contributed by atoms with van der Waals surface area (Å²) in [5, 5.41) is 12.6. The van der Waals surface area contributed by atoms with E-state index in [1.54, 1.807) is 18.2 Å². The average Bonchev–Trinajstić information content (AvgIpc) is 2.18. The van der Waals surface area contributed by atoms with E-state index < -0.39 is 12.0 Å². The quantitative estimate of drug-likeness (QED) is 0.898. The van der Waals surface area contributed by atoms with Crippen LogP contribution < -0.4 is 5.32 Å². The molecule has 2 N–H and O–H groups in total. The zero-order chi connectivity index (χ0) is 12.3. The van der Waals surface area contributed by atoms with E-state index in [-0.39, 0.29) is 6.04 Å². The molecule has 88 valence electrons. The number of carboxylic acid groups (broad SMARTS) is 1. The maximum atomic E-state index is 11.1. The van der Waals surface area contributed by atoms with Crippen molar-refractivity contribution in [2.24, 2.45) is 0 Å². The van der Waals surface area contributed by atoms with Gasteiger partial charge in [-0.15, -0.1) is 0 Å². The monoisotopic (exact) mass is 305 g/mol. The molecule has 16 heavy (non-hydrogen) atoms. The molecule has 1 atom stereocenters. The molecular formula is C11H13BrClNO2. The fourth-order valence-corrected chi connectivity index (χ4v) is 1.77. The number of hydrogen-bond acceptors (Lipinski definition) is 2. The van der Waals surface area contributed by atoms with Crippen molar-refractivity contribution in [2.45, 2.75) is 25.9 Å². The van der Waals surface area contributed by atoms with Crippen LogP contribution in [-0.2, 0) is 4.79 Å². The molecule has 0 aliphatic heterocycles. The van der Waals surface area contributed by atoms with Gasteiger partial charge in [0, 0.05) is 10.5 Å². The number of carboxylic acids is 1. The standard InChI is InChI=1S/C11H13BrClNO2/c1-6(2)14-10(11(15)16)7-3-4-8(12)9(13)5-7/h3-6,10,14H,1-2H3,(H,15,16). The summed E-state index contributed by atoms with van der Waals surface area (Å²) < 4.78 is 0.756. The van der Waals surface area contributed by atoms with Gasteiger partial charge in [0.05, 0.1) is 5.02 Å². The third kappa shape index (κ3) is 3.47. The van der Waals surface area contributed by atoms with Gasteiger partial charge in [0.25, 0.3) is 0 Å². The van der Waals surface area contributed by atoms with E-state index in [4.69, 9.17) is 16.7 Å². The van der Waals surface area contributed by atoms with Crippen LogP contribution in [0.2, 0.25) is 5.02 Å². The highest BCUT2D eigenvalue weighted by atomic mass is 79.9. The Balaban J connectivity index is 3.01. The number of nitrogens with one attached hydrogen (secondary N) is 1. The van der Waals surface area contributed by atoms with Gasteiger partial charge in [0.15, 0.2) is 0 Å². The predicted molar refractivity (Wildman–Crippen MR) is 67.8 cm³/mol. The van der Waals surface area contributed by atoms with Gasteiger partial charge in [0.2, 0.25) is 0 Å². The smallest absolute Gasteiger partial charge is 0.325 e. The first-order valence-corrected chi connectivity index (χ1v) is 6.02. The molecule has 3 nitrogen and oxygen atoms in total. The first-order valence-electron chi connectivity index (χ1n) is 4.85. The Kier molecular flexibility index (Phi) is 4.77. The van der Waals surface area contributed by atoms with E-state index in [2.05, 4.69) is 21.2 Å². The Morgan fingerprint density at radius 1 is 1.50 bits per heavy atom. The van der Waals surface area contributed by atoms with E-state index in [1.807, 2.05) is 13.8 Å². The molecular weight excluding hydrogens is 293 g/mol. The molecule has 1 rings (SSSR count). The SMILES string of the molecule is CC(C)NC(C(=O)O)c1ccc(Br)c(Cl)c1. The lowest BCUT2D eigenvalue weighted by molar-refractivity contribution is -0.139. The number of rotatable bonds is 4. The Bertz CT molecular complexity index is 396. The van der Waals surface area contributed by atoms with Crippen molar-refractivity contribution in [1.82, 2.24) is 5.32 Å². The van der Waals surface area contributed by atoms with Gasteiger partial charge >= 0.3 is 5.97 Å². The van der Waals surface area contributed by atoms with Crippen molar-refractivity contribution in [3.8, 4) is 0 Å². The number of halogens is 2. The van der Waals surface area contributed by atoms with Crippen LogP contribution in [0.1, 0.15) is 25.5 Å². The Labute approximate surface area is 108 Å². The molecule has 5 heteroatoms. The van der Waals surface area contributed by atoms with E-state index in [0.29, 0.717) is 10.6 Å². The summed E-state index contributed by atoms with van der Waals surface area (Å²) in [7, 11) is 0. The van der Waals surface area contributed by atoms with Crippen LogP contribution in [0, 0.1) is 0 Å². The fraction of sp³-hybridized carbons (Fsp3) is 0.364. The summed E-state index contributed by atoms with van der Waals surface area (Å²) in [4.78, 5) is 11.1. The molecule has 1 aromatic carbocycles. The molecule has 0 saturated carbocycles. The third-order valence-corrected chi connectivity index (χ3v) is 3.26. The van der Waals surface area contributed by atoms with Crippen molar-refractivity contribution >= 4 is 33.5 Å². The van der Waals surface area contributed by atoms with Gasteiger partial charge in [-0.3, -0.25) is 10.1 Å². The van der Waals surface area contributed by atoms with Crippen LogP contribution in [0.25, 0.3) is 0 Å². The fourth-order valence-electron chi connectivity index (χ4n) is 1.34. The number of benzene rings is 1. The minimum atomic E-state index is -0.910. The summed E-state index contributed by atoms with van der Waals surface area (Å²) in [5.74, 6) is -0.910. The normalized spacial score (nSPS) is 12.8. The van der Waals surface area contributed by atoms with Crippen molar-refractivity contribution in [1.29, 1.82) is 0 Å². The number of hydrogen-bond donors (Lipinski definition) is 2. The van der Waals surface area contributed by atoms with E-state index in [9.17, 15) is 4.79 Å². The largest absolute Gasteiger partial charge is 0.480 e. The predicted octanol–water partition coefficient (Wildman–Crippen LogP) is 3.23. The minimum absolute atomic E-state index is 0.0866. The van der Waals surface area contributed by atoms with E-state index >= 15 is 0 Å². The van der Waals surface area contributed by atoms with Crippen LogP contribution in [0.4, 0.5) is 0 Å². The lowest BCUT2D eigenvalue weighted by Gasteiger charge is -2.18. The zero-order valence-electron chi connectivity index (χ0n) is 9.00. The highest BCUT2D eigenvalue weighted by Gasteiger charge is 2.20. The first-order chi connectivity index (χ1) is 7.41. The van der Waals surface area contributed by atoms with Crippen molar-refractivity contribution in [3.63, 3.8) is 0 Å². The van der Waals surface area contributed by atoms with Crippen LogP contribution in [0.15, 0.2) is 22.7 Å². The second kappa shape index (κ2) is 5.66. The molecule has 0 aliphatic rings. The Morgan fingerprint density at radius 3 is 2.56 bits per heavy atom. The van der Waals surface area contributed by atoms with Crippen molar-refractivity contribution < 1.29 is 9.90 Å². The van der Waals surface area contributed by atoms with Crippen molar-refractivity contribution in [3.05, 3.63) is 33.3 Å². The minimum Gasteiger partial charge on any atom is -0.480 e. The van der Waals surface area contributed by atoms with Gasteiger partial charge in [0.1, 0.15) is 6.04 Å². The Morgan fingerprint density at radius 2 is 2.12 bits per heavy atom. The molecule has 0 heterocycles. The molecule has 0 spiro atoms. The van der Waals surface area contributed by atoms with Gasteiger partial charge in [-0.2, -0.15) is 0 Å². The summed E-state index contributed by atoms with van der Waals surface area (Å²) >= 11 is 9.20. The number of carbonyl (C=O) groups is 1. The van der Waals surface area contributed by atoms with Gasteiger partial charge < -0.3 is 5.11 Å². The van der Waals surface area contributed by atoms with E-state index in [1.165, 1.54) is 0 Å². The molecule has 0 amide bonds. The summed E-state index contributed by atoms with van der Waals surface area (Å²) in [5.41, 5.74) is 0.648. The molecule has 1 aromatic rings. The lowest BCUT2D eigenvalue weighted by atomic mass is 10.1. The third-order valence-electron chi connectivity index (χ3n) is 2.02. The summed E-state index contributed by atoms with van der Waals surface area (Å²) in [6.45, 7) is 3.80. The summed E-state index contributed by atoms with van der Waals surface area (Å²) in [6.07, 6.45) is 0. The van der Waals surface area contributed by atoms with Crippen molar-refractivity contribution in [2.75, 3.05) is 0 Å². The highest BCUT2D eigenvalue weighted by Crippen LogP contribution is 2.26. The molecule has 0 aliphatic carbocycles. The second-order valence-electron chi connectivity index (χ2n) is 3.77. The van der Waals surface area contributed by atoms with Gasteiger partial charge in [-0.1, -0.05) is 17.7 Å². The van der Waals surface area contributed by atoms with Crippen LogP contribution in [0.5, 0.6) is 0 Å². The van der Waals surface area contributed by atoms with Crippen LogP contribution >= 0.6 is 27.5 Å².